The summed E-state index contributed by atoms with van der Waals surface area (Å²) in [7, 11) is 0. The van der Waals surface area contributed by atoms with Gasteiger partial charge in [-0.1, -0.05) is 206 Å². The summed E-state index contributed by atoms with van der Waals surface area (Å²) in [4.78, 5) is 0. The number of hydrogen-bond donors (Lipinski definition) is 0. The fourth-order valence-electron chi connectivity index (χ4n) is 8.90. The van der Waals surface area contributed by atoms with Crippen molar-refractivity contribution >= 4 is 18.2 Å². The van der Waals surface area contributed by atoms with E-state index in [2.05, 4.69) is 133 Å². The van der Waals surface area contributed by atoms with Crippen LogP contribution in [0.5, 0.6) is 46.0 Å². The first-order valence-electron chi connectivity index (χ1n) is 30.3. The first kappa shape index (κ1) is 63.3. The third-order valence-corrected chi connectivity index (χ3v) is 13.5. The Morgan fingerprint density at radius 1 is 0.316 bits per heavy atom. The number of ether oxygens (including phenoxy) is 8. The molecule has 0 fully saturated rings. The fraction of sp³-hybridized carbons (Fsp3) is 0.588. The molecule has 0 bridgehead atoms. The molecule has 0 spiro atoms. The Bertz CT molecular complexity index is 2120. The monoisotopic (exact) mass is 1050 g/mol. The second-order valence-electron chi connectivity index (χ2n) is 20.5. The molecule has 422 valence electrons. The van der Waals surface area contributed by atoms with Crippen LogP contribution in [-0.2, 0) is 13.2 Å². The summed E-state index contributed by atoms with van der Waals surface area (Å²) < 4.78 is 53.0. The molecule has 0 saturated heterocycles. The van der Waals surface area contributed by atoms with Crippen molar-refractivity contribution in [1.82, 2.24) is 0 Å². The van der Waals surface area contributed by atoms with E-state index in [0.717, 1.165) is 145 Å². The number of benzene rings is 4. The van der Waals surface area contributed by atoms with E-state index in [1.165, 1.54) is 77.0 Å². The van der Waals surface area contributed by atoms with Gasteiger partial charge in [0.1, 0.15) is 24.7 Å². The van der Waals surface area contributed by atoms with Crippen molar-refractivity contribution in [3.63, 3.8) is 0 Å². The topological polar surface area (TPSA) is 73.8 Å². The van der Waals surface area contributed by atoms with Gasteiger partial charge >= 0.3 is 0 Å². The average molecular weight is 1050 g/mol. The highest BCUT2D eigenvalue weighted by molar-refractivity contribution is 5.74. The highest BCUT2D eigenvalue weighted by Crippen LogP contribution is 2.42. The van der Waals surface area contributed by atoms with Crippen LogP contribution in [-0.4, -0.2) is 39.6 Å². The first-order valence-corrected chi connectivity index (χ1v) is 30.3. The predicted molar refractivity (Wildman–Crippen MR) is 321 cm³/mol. The summed E-state index contributed by atoms with van der Waals surface area (Å²) in [5, 5.41) is 0. The van der Waals surface area contributed by atoms with Gasteiger partial charge in [0.15, 0.2) is 23.0 Å². The summed E-state index contributed by atoms with van der Waals surface area (Å²) >= 11 is 0. The largest absolute Gasteiger partial charge is 0.490 e. The molecule has 0 amide bonds. The van der Waals surface area contributed by atoms with Crippen LogP contribution in [0.15, 0.2) is 66.7 Å². The average Bonchev–Trinajstić information content (AvgIpc) is 3.43. The summed E-state index contributed by atoms with van der Waals surface area (Å²) in [6.07, 6.45) is 35.4. The van der Waals surface area contributed by atoms with Gasteiger partial charge in [-0.05, 0) is 117 Å². The van der Waals surface area contributed by atoms with Crippen LogP contribution in [0.1, 0.15) is 236 Å². The molecule has 0 aromatic heterocycles. The Labute approximate surface area is 462 Å². The van der Waals surface area contributed by atoms with Crippen molar-refractivity contribution in [2.75, 3.05) is 39.6 Å². The number of aryl methyl sites for hydroxylation is 1. The van der Waals surface area contributed by atoms with Crippen molar-refractivity contribution in [1.29, 1.82) is 0 Å². The third-order valence-electron chi connectivity index (χ3n) is 13.5. The Morgan fingerprint density at radius 3 is 0.987 bits per heavy atom. The minimum absolute atomic E-state index is 0.309. The number of unbranched alkanes of at least 4 members (excludes halogenated alkanes) is 18. The van der Waals surface area contributed by atoms with Crippen LogP contribution in [0.25, 0.3) is 18.2 Å². The maximum Gasteiger partial charge on any atom is 0.203 e. The predicted octanol–water partition coefficient (Wildman–Crippen LogP) is 20.1. The van der Waals surface area contributed by atoms with Gasteiger partial charge in [0.25, 0.3) is 0 Å². The lowest BCUT2D eigenvalue weighted by Gasteiger charge is -2.20. The molecule has 0 radical (unpaired) electrons. The van der Waals surface area contributed by atoms with Crippen LogP contribution in [0.2, 0.25) is 0 Å². The van der Waals surface area contributed by atoms with Crippen LogP contribution in [0.3, 0.4) is 0 Å². The summed E-state index contributed by atoms with van der Waals surface area (Å²) in [6, 6.07) is 21.1. The molecule has 0 saturated carbocycles. The Balaban J connectivity index is 1.72. The zero-order valence-electron chi connectivity index (χ0n) is 49.0. The smallest absolute Gasteiger partial charge is 0.203 e. The van der Waals surface area contributed by atoms with E-state index < -0.39 is 0 Å². The van der Waals surface area contributed by atoms with Crippen LogP contribution in [0.4, 0.5) is 0 Å². The van der Waals surface area contributed by atoms with Gasteiger partial charge in [-0.2, -0.15) is 0 Å². The van der Waals surface area contributed by atoms with Crippen LogP contribution in [0, 0.1) is 6.92 Å². The van der Waals surface area contributed by atoms with Crippen molar-refractivity contribution in [2.45, 2.75) is 223 Å². The van der Waals surface area contributed by atoms with E-state index in [1.54, 1.807) is 0 Å². The van der Waals surface area contributed by atoms with E-state index in [4.69, 9.17) is 37.9 Å². The fourth-order valence-corrected chi connectivity index (χ4v) is 8.90. The lowest BCUT2D eigenvalue weighted by atomic mass is 10.1. The molecule has 4 aromatic carbocycles. The molecule has 8 heteroatoms. The molecule has 0 unspecified atom stereocenters. The Morgan fingerprint density at radius 2 is 0.645 bits per heavy atom. The van der Waals surface area contributed by atoms with Crippen molar-refractivity contribution < 1.29 is 37.9 Å². The van der Waals surface area contributed by atoms with E-state index in [9.17, 15) is 0 Å². The minimum atomic E-state index is 0.309. The molecule has 0 aliphatic heterocycles. The highest BCUT2D eigenvalue weighted by atomic mass is 16.5. The first-order chi connectivity index (χ1) is 37.4. The standard InChI is InChI=1S/C68H102O8/c1-9-16-22-28-41-69-63-48-58(49-64(70-42-29-23-17-10-2)67(63)73-45-32-26-20-13-5)53-75-61-52-60(40-39-57-37-35-56(34-15-7)36-38-57)62(47-55(61)8)76-54-59-50-65(71-43-30-24-18-11-3)68(74-46-33-27-21-14-6)66(51-59)72-44-31-25-19-12-4/h15,34-40,47-52H,9-14,16-33,41-46,53-54H2,1-8H3/b34-15+,40-39+. The van der Waals surface area contributed by atoms with Gasteiger partial charge in [-0.25, -0.2) is 0 Å². The molecule has 0 aliphatic carbocycles. The van der Waals surface area contributed by atoms with E-state index in [-0.39, 0.29) is 0 Å². The molecule has 0 heterocycles. The molecule has 76 heavy (non-hydrogen) atoms. The molecular formula is C68H102O8. The second-order valence-corrected chi connectivity index (χ2v) is 20.5. The Hall–Kier alpha value is -5.24. The normalized spacial score (nSPS) is 11.4. The van der Waals surface area contributed by atoms with Crippen LogP contribution >= 0.6 is 0 Å². The van der Waals surface area contributed by atoms with Crippen molar-refractivity contribution in [3.8, 4) is 46.0 Å². The van der Waals surface area contributed by atoms with Gasteiger partial charge in [-0.15, -0.1) is 0 Å². The summed E-state index contributed by atoms with van der Waals surface area (Å²) in [5.41, 5.74) is 6.04. The number of allylic oxidation sites excluding steroid dienone is 1. The van der Waals surface area contributed by atoms with Crippen LogP contribution < -0.4 is 37.9 Å². The molecule has 8 nitrogen and oxygen atoms in total. The summed E-state index contributed by atoms with van der Waals surface area (Å²) in [5.74, 6) is 5.83. The molecule has 0 atom stereocenters. The van der Waals surface area contributed by atoms with Gasteiger partial charge in [0.05, 0.1) is 39.6 Å². The molecule has 0 aliphatic rings. The lowest BCUT2D eigenvalue weighted by molar-refractivity contribution is 0.232. The highest BCUT2D eigenvalue weighted by Gasteiger charge is 2.20. The van der Waals surface area contributed by atoms with Gasteiger partial charge < -0.3 is 37.9 Å². The Kier molecular flexibility index (Phi) is 33.3. The summed E-state index contributed by atoms with van der Waals surface area (Å²) in [6.45, 7) is 21.9. The van der Waals surface area contributed by atoms with E-state index in [0.29, 0.717) is 64.4 Å². The number of rotatable bonds is 45. The van der Waals surface area contributed by atoms with Gasteiger partial charge in [-0.3, -0.25) is 0 Å². The molecule has 4 aromatic rings. The third kappa shape index (κ3) is 24.8. The lowest BCUT2D eigenvalue weighted by Crippen LogP contribution is -2.08. The minimum Gasteiger partial charge on any atom is -0.490 e. The zero-order chi connectivity index (χ0) is 54.3. The van der Waals surface area contributed by atoms with E-state index >= 15 is 0 Å². The number of hydrogen-bond acceptors (Lipinski definition) is 8. The van der Waals surface area contributed by atoms with Gasteiger partial charge in [0, 0.05) is 5.56 Å². The second kappa shape index (κ2) is 40.0. The SMILES string of the molecule is C/C=C/c1ccc(/C=C/c2cc(OCc3cc(OCCCCCC)c(OCCCCCC)c(OCCCCCC)c3)c(C)cc2OCc2cc(OCCCCCC)c(OCCCCCC)c(OCCCCCC)c2)cc1. The van der Waals surface area contributed by atoms with Gasteiger partial charge in [0.2, 0.25) is 11.5 Å². The molecular weight excluding hydrogens is 945 g/mol. The maximum atomic E-state index is 6.86. The van der Waals surface area contributed by atoms with E-state index in [1.807, 2.05) is 6.92 Å². The molecule has 4 rings (SSSR count). The maximum absolute atomic E-state index is 6.86. The zero-order valence-corrected chi connectivity index (χ0v) is 49.0. The molecule has 0 N–H and O–H groups in total. The van der Waals surface area contributed by atoms with Crippen molar-refractivity contribution in [3.05, 3.63) is 100 Å². The van der Waals surface area contributed by atoms with Crippen molar-refractivity contribution in [2.24, 2.45) is 0 Å². The quantitative estimate of drug-likeness (QED) is 0.0320.